The number of aromatic nitrogens is 2. The highest BCUT2D eigenvalue weighted by molar-refractivity contribution is 6.29. The van der Waals surface area contributed by atoms with Gasteiger partial charge in [0.1, 0.15) is 16.8 Å². The van der Waals surface area contributed by atoms with Gasteiger partial charge in [-0.05, 0) is 6.92 Å². The number of halogens is 1. The fraction of sp³-hybridized carbons (Fsp3) is 0.444. The van der Waals surface area contributed by atoms with Crippen LogP contribution in [0.5, 0.6) is 0 Å². The molecule has 4 nitrogen and oxygen atoms in total. The standard InChI is InChI=1S/C9H11ClN4/c1-7-12-8(10)6-9(13-7)14(2)5-3-4-11/h6H,3,5H2,1-2H3. The van der Waals surface area contributed by atoms with E-state index in [-0.39, 0.29) is 0 Å². The van der Waals surface area contributed by atoms with Gasteiger partial charge in [0.15, 0.2) is 0 Å². The molecule has 0 amide bonds. The fourth-order valence-electron chi connectivity index (χ4n) is 1.04. The van der Waals surface area contributed by atoms with Crippen LogP contribution in [0.1, 0.15) is 12.2 Å². The van der Waals surface area contributed by atoms with Crippen molar-refractivity contribution in [3.63, 3.8) is 0 Å². The van der Waals surface area contributed by atoms with Crippen LogP contribution < -0.4 is 4.90 Å². The number of nitriles is 1. The predicted molar refractivity (Wildman–Crippen MR) is 55.3 cm³/mol. The third-order valence-electron chi connectivity index (χ3n) is 1.74. The zero-order valence-electron chi connectivity index (χ0n) is 8.16. The van der Waals surface area contributed by atoms with Crippen molar-refractivity contribution in [2.24, 2.45) is 0 Å². The molecule has 1 rings (SSSR count). The highest BCUT2D eigenvalue weighted by Crippen LogP contribution is 2.14. The van der Waals surface area contributed by atoms with Gasteiger partial charge in [-0.15, -0.1) is 0 Å². The summed E-state index contributed by atoms with van der Waals surface area (Å²) in [5, 5.41) is 8.86. The predicted octanol–water partition coefficient (Wildman–Crippen LogP) is 1.79. The van der Waals surface area contributed by atoms with Crippen molar-refractivity contribution in [2.75, 3.05) is 18.5 Å². The smallest absolute Gasteiger partial charge is 0.134 e. The highest BCUT2D eigenvalue weighted by atomic mass is 35.5. The molecule has 0 N–H and O–H groups in total. The van der Waals surface area contributed by atoms with Crippen molar-refractivity contribution in [3.8, 4) is 6.07 Å². The monoisotopic (exact) mass is 210 g/mol. The van der Waals surface area contributed by atoms with Crippen LogP contribution in [0.3, 0.4) is 0 Å². The molecule has 0 aliphatic rings. The molecule has 0 unspecified atom stereocenters. The molecule has 0 radical (unpaired) electrons. The molecule has 1 aromatic heterocycles. The average molecular weight is 211 g/mol. The number of hydrogen-bond donors (Lipinski definition) is 0. The SMILES string of the molecule is Cc1nc(Cl)cc(N(C)CCC#N)n1. The second-order valence-electron chi connectivity index (χ2n) is 2.93. The third-order valence-corrected chi connectivity index (χ3v) is 1.94. The van der Waals surface area contributed by atoms with Gasteiger partial charge in [0, 0.05) is 19.7 Å². The lowest BCUT2D eigenvalue weighted by Gasteiger charge is -2.16. The van der Waals surface area contributed by atoms with E-state index in [0.717, 1.165) is 5.82 Å². The minimum Gasteiger partial charge on any atom is -0.358 e. The van der Waals surface area contributed by atoms with E-state index in [2.05, 4.69) is 16.0 Å². The van der Waals surface area contributed by atoms with E-state index in [0.29, 0.717) is 23.9 Å². The summed E-state index contributed by atoms with van der Waals surface area (Å²) in [6, 6.07) is 3.77. The minimum atomic E-state index is 0.427. The summed E-state index contributed by atoms with van der Waals surface area (Å²) >= 11 is 5.79. The Balaban J connectivity index is 2.79. The van der Waals surface area contributed by atoms with Gasteiger partial charge in [0.2, 0.25) is 0 Å². The quantitative estimate of drug-likeness (QED) is 0.714. The molecule has 0 spiro atoms. The fourth-order valence-corrected chi connectivity index (χ4v) is 1.26. The first-order chi connectivity index (χ1) is 6.63. The van der Waals surface area contributed by atoms with Gasteiger partial charge in [-0.3, -0.25) is 0 Å². The largest absolute Gasteiger partial charge is 0.358 e. The molecule has 0 saturated heterocycles. The van der Waals surface area contributed by atoms with E-state index in [1.807, 2.05) is 11.9 Å². The van der Waals surface area contributed by atoms with E-state index in [1.165, 1.54) is 0 Å². The number of hydrogen-bond acceptors (Lipinski definition) is 4. The van der Waals surface area contributed by atoms with Crippen LogP contribution in [0.15, 0.2) is 6.07 Å². The topological polar surface area (TPSA) is 52.8 Å². The molecule has 0 fully saturated rings. The van der Waals surface area contributed by atoms with Crippen molar-refractivity contribution in [1.29, 1.82) is 5.26 Å². The zero-order valence-corrected chi connectivity index (χ0v) is 8.91. The molecule has 0 saturated carbocycles. The molecule has 1 aromatic rings. The van der Waals surface area contributed by atoms with Gasteiger partial charge in [0.25, 0.3) is 0 Å². The third kappa shape index (κ3) is 2.86. The first-order valence-corrected chi connectivity index (χ1v) is 4.60. The summed E-state index contributed by atoms with van der Waals surface area (Å²) in [6.45, 7) is 2.43. The first kappa shape index (κ1) is 10.7. The first-order valence-electron chi connectivity index (χ1n) is 4.22. The summed E-state index contributed by atoms with van der Waals surface area (Å²) in [5.41, 5.74) is 0. The van der Waals surface area contributed by atoms with Crippen molar-refractivity contribution in [3.05, 3.63) is 17.0 Å². The normalized spacial score (nSPS) is 9.57. The van der Waals surface area contributed by atoms with Gasteiger partial charge in [-0.1, -0.05) is 11.6 Å². The Kier molecular flexibility index (Phi) is 3.66. The second kappa shape index (κ2) is 4.77. The molecular formula is C9H11ClN4. The van der Waals surface area contributed by atoms with E-state index < -0.39 is 0 Å². The Morgan fingerprint density at radius 1 is 1.57 bits per heavy atom. The lowest BCUT2D eigenvalue weighted by atomic mass is 10.4. The second-order valence-corrected chi connectivity index (χ2v) is 3.31. The van der Waals surface area contributed by atoms with Crippen LogP contribution in [0.4, 0.5) is 5.82 Å². The van der Waals surface area contributed by atoms with Crippen LogP contribution in [0.2, 0.25) is 5.15 Å². The van der Waals surface area contributed by atoms with E-state index >= 15 is 0 Å². The van der Waals surface area contributed by atoms with Crippen molar-refractivity contribution in [2.45, 2.75) is 13.3 Å². The van der Waals surface area contributed by atoms with Crippen LogP contribution in [-0.2, 0) is 0 Å². The number of rotatable bonds is 3. The van der Waals surface area contributed by atoms with E-state index in [1.54, 1.807) is 13.0 Å². The lowest BCUT2D eigenvalue weighted by molar-refractivity contribution is 0.870. The minimum absolute atomic E-state index is 0.427. The lowest BCUT2D eigenvalue weighted by Crippen LogP contribution is -2.19. The summed E-state index contributed by atoms with van der Waals surface area (Å²) in [4.78, 5) is 10.0. The molecule has 0 aliphatic carbocycles. The van der Waals surface area contributed by atoms with Crippen LogP contribution in [-0.4, -0.2) is 23.6 Å². The number of nitrogens with zero attached hydrogens (tertiary/aromatic N) is 4. The van der Waals surface area contributed by atoms with Crippen molar-refractivity contribution < 1.29 is 0 Å². The summed E-state index contributed by atoms with van der Waals surface area (Å²) in [6.07, 6.45) is 0.469. The van der Waals surface area contributed by atoms with E-state index in [4.69, 9.17) is 16.9 Å². The summed E-state index contributed by atoms with van der Waals surface area (Å²) in [5.74, 6) is 1.38. The highest BCUT2D eigenvalue weighted by Gasteiger charge is 2.04. The van der Waals surface area contributed by atoms with Gasteiger partial charge in [0.05, 0.1) is 12.5 Å². The summed E-state index contributed by atoms with van der Waals surface area (Å²) < 4.78 is 0. The Hall–Kier alpha value is -1.34. The Labute approximate surface area is 88.2 Å². The maximum absolute atomic E-state index is 8.44. The van der Waals surface area contributed by atoms with Gasteiger partial charge in [-0.25, -0.2) is 9.97 Å². The maximum Gasteiger partial charge on any atom is 0.134 e. The number of aryl methyl sites for hydroxylation is 1. The van der Waals surface area contributed by atoms with Gasteiger partial charge in [-0.2, -0.15) is 5.26 Å². The van der Waals surface area contributed by atoms with Crippen molar-refractivity contribution >= 4 is 17.4 Å². The van der Waals surface area contributed by atoms with Crippen molar-refractivity contribution in [1.82, 2.24) is 9.97 Å². The molecule has 14 heavy (non-hydrogen) atoms. The van der Waals surface area contributed by atoms with Crippen LogP contribution >= 0.6 is 11.6 Å². The molecule has 74 valence electrons. The molecule has 5 heteroatoms. The average Bonchev–Trinajstić information content (AvgIpc) is 2.12. The van der Waals surface area contributed by atoms with E-state index in [9.17, 15) is 0 Å². The molecule has 0 aromatic carbocycles. The Morgan fingerprint density at radius 2 is 2.29 bits per heavy atom. The molecule has 0 atom stereocenters. The zero-order chi connectivity index (χ0) is 10.6. The van der Waals surface area contributed by atoms with Crippen LogP contribution in [0, 0.1) is 18.3 Å². The molecule has 0 aliphatic heterocycles. The Bertz CT molecular complexity index is 338. The summed E-state index contributed by atoms with van der Waals surface area (Å²) in [7, 11) is 1.87. The number of anilines is 1. The molecule has 1 heterocycles. The van der Waals surface area contributed by atoms with Crippen LogP contribution in [0.25, 0.3) is 0 Å². The van der Waals surface area contributed by atoms with Gasteiger partial charge < -0.3 is 4.90 Å². The molecular weight excluding hydrogens is 200 g/mol. The Morgan fingerprint density at radius 3 is 2.86 bits per heavy atom. The maximum atomic E-state index is 8.44. The molecule has 0 bridgehead atoms. The van der Waals surface area contributed by atoms with Gasteiger partial charge >= 0.3 is 0 Å².